The third kappa shape index (κ3) is 4.08. The first-order chi connectivity index (χ1) is 12.1. The van der Waals surface area contributed by atoms with Crippen LogP contribution in [0.3, 0.4) is 0 Å². The average Bonchev–Trinajstić information content (AvgIpc) is 2.61. The van der Waals surface area contributed by atoms with Crippen molar-refractivity contribution in [3.05, 3.63) is 40.9 Å². The number of nitrogens with zero attached hydrogens (tertiary/aromatic N) is 2. The number of morpholine rings is 1. The number of benzene rings is 1. The van der Waals surface area contributed by atoms with Gasteiger partial charge in [-0.2, -0.15) is 0 Å². The van der Waals surface area contributed by atoms with E-state index in [0.29, 0.717) is 31.0 Å². The van der Waals surface area contributed by atoms with Crippen LogP contribution < -0.4 is 0 Å². The minimum atomic E-state index is -0.292. The smallest absolute Gasteiger partial charge is 0.255 e. The first-order valence-corrected chi connectivity index (χ1v) is 8.58. The van der Waals surface area contributed by atoms with Crippen molar-refractivity contribution in [1.29, 1.82) is 0 Å². The summed E-state index contributed by atoms with van der Waals surface area (Å²) < 4.78 is 4.93. The highest BCUT2D eigenvalue weighted by molar-refractivity contribution is 6.32. The molecule has 1 aromatic rings. The van der Waals surface area contributed by atoms with Crippen LogP contribution in [0.5, 0.6) is 0 Å². The lowest BCUT2D eigenvalue weighted by atomic mass is 10.0. The Balaban J connectivity index is 1.57. The molecule has 2 aliphatic rings. The van der Waals surface area contributed by atoms with E-state index in [-0.39, 0.29) is 37.0 Å². The Labute approximate surface area is 151 Å². The Bertz CT molecular complexity index is 695. The van der Waals surface area contributed by atoms with Crippen LogP contribution in [0.2, 0.25) is 5.02 Å². The molecule has 0 atom stereocenters. The van der Waals surface area contributed by atoms with Crippen molar-refractivity contribution in [1.82, 2.24) is 9.80 Å². The zero-order valence-electron chi connectivity index (χ0n) is 13.7. The molecular weight excluding hydrogens is 344 g/mol. The normalized spacial score (nSPS) is 19.7. The first-order valence-electron chi connectivity index (χ1n) is 8.20. The number of carbonyl (C=O) groups excluding carboxylic acids is 3. The molecule has 0 radical (unpaired) electrons. The van der Waals surface area contributed by atoms with Crippen molar-refractivity contribution >= 4 is 35.4 Å². The summed E-state index contributed by atoms with van der Waals surface area (Å²) in [7, 11) is 0. The van der Waals surface area contributed by atoms with Crippen LogP contribution >= 0.6 is 11.6 Å². The summed E-state index contributed by atoms with van der Waals surface area (Å²) in [5.74, 6) is -0.683. The van der Waals surface area contributed by atoms with Gasteiger partial charge in [-0.05, 0) is 30.5 Å². The number of likely N-dealkylation sites (tertiary alicyclic amines) is 1. The van der Waals surface area contributed by atoms with Crippen molar-refractivity contribution in [3.8, 4) is 0 Å². The van der Waals surface area contributed by atoms with Crippen molar-refractivity contribution in [2.45, 2.75) is 18.9 Å². The molecule has 25 heavy (non-hydrogen) atoms. The molecule has 7 heteroatoms. The monoisotopic (exact) mass is 362 g/mol. The third-order valence-corrected chi connectivity index (χ3v) is 4.78. The predicted molar refractivity (Wildman–Crippen MR) is 92.8 cm³/mol. The van der Waals surface area contributed by atoms with E-state index in [1.165, 1.54) is 11.0 Å². The van der Waals surface area contributed by atoms with Gasteiger partial charge in [-0.15, -0.1) is 0 Å². The zero-order valence-corrected chi connectivity index (χ0v) is 14.4. The summed E-state index contributed by atoms with van der Waals surface area (Å²) in [6.45, 7) is 0.916. The maximum Gasteiger partial charge on any atom is 0.255 e. The van der Waals surface area contributed by atoms with E-state index in [4.69, 9.17) is 16.3 Å². The minimum absolute atomic E-state index is 0.0501. The number of piperidine rings is 1. The van der Waals surface area contributed by atoms with Crippen LogP contribution in [0.25, 0.3) is 6.08 Å². The second-order valence-corrected chi connectivity index (χ2v) is 6.47. The first kappa shape index (κ1) is 17.6. The number of amides is 3. The summed E-state index contributed by atoms with van der Waals surface area (Å²) in [5, 5.41) is 0.592. The van der Waals surface area contributed by atoms with Gasteiger partial charge >= 0.3 is 0 Å². The maximum atomic E-state index is 12.3. The van der Waals surface area contributed by atoms with Gasteiger partial charge in [-0.25, -0.2) is 0 Å². The molecule has 0 aliphatic carbocycles. The Morgan fingerprint density at radius 3 is 2.40 bits per heavy atom. The van der Waals surface area contributed by atoms with Crippen LogP contribution in [-0.4, -0.2) is 59.9 Å². The van der Waals surface area contributed by atoms with E-state index in [0.717, 1.165) is 5.56 Å². The largest absolute Gasteiger partial charge is 0.362 e. The molecule has 0 bridgehead atoms. The number of imide groups is 1. The van der Waals surface area contributed by atoms with Gasteiger partial charge in [0.15, 0.2) is 0 Å². The van der Waals surface area contributed by atoms with Gasteiger partial charge in [0.25, 0.3) is 11.8 Å². The quantitative estimate of drug-likeness (QED) is 0.606. The van der Waals surface area contributed by atoms with Crippen molar-refractivity contribution in [3.63, 3.8) is 0 Å². The molecular formula is C18H19ClN2O4. The van der Waals surface area contributed by atoms with Gasteiger partial charge in [0.05, 0.1) is 0 Å². The van der Waals surface area contributed by atoms with Crippen LogP contribution in [0, 0.1) is 0 Å². The molecule has 2 aliphatic heterocycles. The predicted octanol–water partition coefficient (Wildman–Crippen LogP) is 1.73. The lowest BCUT2D eigenvalue weighted by molar-refractivity contribution is -0.162. The highest BCUT2D eigenvalue weighted by Gasteiger charge is 2.35. The summed E-state index contributed by atoms with van der Waals surface area (Å²) in [6, 6.07) is 7.15. The molecule has 6 nitrogen and oxygen atoms in total. The molecule has 2 fully saturated rings. The van der Waals surface area contributed by atoms with Gasteiger partial charge in [-0.1, -0.05) is 29.8 Å². The molecule has 0 aromatic heterocycles. The zero-order chi connectivity index (χ0) is 17.8. The van der Waals surface area contributed by atoms with Crippen LogP contribution in [0.15, 0.2) is 30.3 Å². The number of ether oxygens (including phenoxy) is 1. The molecule has 1 aromatic carbocycles. The number of halogens is 1. The van der Waals surface area contributed by atoms with E-state index in [2.05, 4.69) is 0 Å². The standard InChI is InChI=1S/C18H19ClN2O4/c19-15-4-2-1-3-13(15)5-6-16(22)20-9-7-14(8-10-20)21-17(23)11-25-12-18(21)24/h1-6,14H,7-12H2/b6-5+. The highest BCUT2D eigenvalue weighted by Crippen LogP contribution is 2.20. The van der Waals surface area contributed by atoms with Gasteiger partial charge in [0.2, 0.25) is 5.91 Å². The van der Waals surface area contributed by atoms with E-state index >= 15 is 0 Å². The second-order valence-electron chi connectivity index (χ2n) is 6.06. The summed E-state index contributed by atoms with van der Waals surface area (Å²) in [5.41, 5.74) is 0.789. The summed E-state index contributed by atoms with van der Waals surface area (Å²) in [6.07, 6.45) is 4.38. The fourth-order valence-corrected chi connectivity index (χ4v) is 3.33. The van der Waals surface area contributed by atoms with Crippen molar-refractivity contribution in [2.24, 2.45) is 0 Å². The Kier molecular flexibility index (Phi) is 5.50. The molecule has 3 amide bonds. The number of hydrogen-bond acceptors (Lipinski definition) is 4. The highest BCUT2D eigenvalue weighted by atomic mass is 35.5. The second kappa shape index (κ2) is 7.80. The number of carbonyl (C=O) groups is 3. The van der Waals surface area contributed by atoms with Crippen LogP contribution in [0.4, 0.5) is 0 Å². The van der Waals surface area contributed by atoms with Crippen LogP contribution in [0.1, 0.15) is 18.4 Å². The molecule has 0 saturated carbocycles. The molecule has 2 saturated heterocycles. The van der Waals surface area contributed by atoms with Gasteiger partial charge < -0.3 is 9.64 Å². The molecule has 0 unspecified atom stereocenters. The maximum absolute atomic E-state index is 12.3. The lowest BCUT2D eigenvalue weighted by Crippen LogP contribution is -2.55. The molecule has 132 valence electrons. The Morgan fingerprint density at radius 1 is 1.12 bits per heavy atom. The minimum Gasteiger partial charge on any atom is -0.362 e. The summed E-state index contributed by atoms with van der Waals surface area (Å²) >= 11 is 6.07. The van der Waals surface area contributed by atoms with E-state index in [1.54, 1.807) is 17.0 Å². The van der Waals surface area contributed by atoms with E-state index in [9.17, 15) is 14.4 Å². The van der Waals surface area contributed by atoms with Crippen molar-refractivity contribution < 1.29 is 19.1 Å². The van der Waals surface area contributed by atoms with Gasteiger partial charge in [-0.3, -0.25) is 19.3 Å². The average molecular weight is 363 g/mol. The molecule has 0 spiro atoms. The molecule has 3 rings (SSSR count). The fourth-order valence-electron chi connectivity index (χ4n) is 3.13. The SMILES string of the molecule is O=C(/C=C/c1ccccc1Cl)N1CCC(N2C(=O)COCC2=O)CC1. The Hall–Kier alpha value is -2.18. The van der Waals surface area contributed by atoms with E-state index in [1.807, 2.05) is 18.2 Å². The van der Waals surface area contributed by atoms with E-state index < -0.39 is 0 Å². The molecule has 2 heterocycles. The van der Waals surface area contributed by atoms with Gasteiger partial charge in [0, 0.05) is 30.2 Å². The fraction of sp³-hybridized carbons (Fsp3) is 0.389. The topological polar surface area (TPSA) is 66.9 Å². The Morgan fingerprint density at radius 2 is 1.76 bits per heavy atom. The molecule has 0 N–H and O–H groups in total. The van der Waals surface area contributed by atoms with Gasteiger partial charge in [0.1, 0.15) is 13.2 Å². The lowest BCUT2D eigenvalue weighted by Gasteiger charge is -2.38. The number of hydrogen-bond donors (Lipinski definition) is 0. The number of rotatable bonds is 3. The van der Waals surface area contributed by atoms with Crippen molar-refractivity contribution in [2.75, 3.05) is 26.3 Å². The summed E-state index contributed by atoms with van der Waals surface area (Å²) in [4.78, 5) is 39.1. The van der Waals surface area contributed by atoms with Crippen LogP contribution in [-0.2, 0) is 19.1 Å². The third-order valence-electron chi connectivity index (χ3n) is 4.44.